The van der Waals surface area contributed by atoms with E-state index in [4.69, 9.17) is 10.4 Å². The van der Waals surface area contributed by atoms with Crippen molar-refractivity contribution in [2.75, 3.05) is 0 Å². The maximum Gasteiger partial charge on any atom is 0.336 e. The summed E-state index contributed by atoms with van der Waals surface area (Å²) in [5, 5.41) is 17.4. The third kappa shape index (κ3) is 1.98. The molecule has 66 valence electrons. The number of carboxylic acids is 1. The molecule has 1 rings (SSSR count). The maximum atomic E-state index is 10.7. The van der Waals surface area contributed by atoms with Crippen LogP contribution in [-0.2, 0) is 0 Å². The molecule has 0 aliphatic heterocycles. The fourth-order valence-electron chi connectivity index (χ4n) is 0.990. The number of carboxylic acid groups (broad SMARTS) is 1. The van der Waals surface area contributed by atoms with Crippen LogP contribution in [0.25, 0.3) is 0 Å². The van der Waals surface area contributed by atoms with E-state index in [2.05, 4.69) is 0 Å². The number of nitriles is 1. The number of nitrogens with zero attached hydrogens (tertiary/aromatic N) is 1. The molecule has 0 amide bonds. The number of halogens is 1. The van der Waals surface area contributed by atoms with Gasteiger partial charge in [0.05, 0.1) is 17.2 Å². The van der Waals surface area contributed by atoms with Crippen molar-refractivity contribution in [2.45, 2.75) is 6.92 Å². The fourth-order valence-corrected chi connectivity index (χ4v) is 1.53. The van der Waals surface area contributed by atoms with E-state index in [-0.39, 0.29) is 5.56 Å². The highest BCUT2D eigenvalue weighted by Crippen LogP contribution is 2.18. The number of hydrogen-bond acceptors (Lipinski definition) is 2. The summed E-state index contributed by atoms with van der Waals surface area (Å²) in [6.07, 6.45) is 0. The Morgan fingerprint density at radius 3 is 2.69 bits per heavy atom. The Balaban J connectivity index is 3.44. The van der Waals surface area contributed by atoms with Crippen molar-refractivity contribution >= 4 is 28.6 Å². The van der Waals surface area contributed by atoms with Gasteiger partial charge in [-0.05, 0) is 47.2 Å². The predicted molar refractivity (Wildman–Crippen MR) is 55.6 cm³/mol. The van der Waals surface area contributed by atoms with Gasteiger partial charge in [-0.2, -0.15) is 5.26 Å². The first-order valence-electron chi connectivity index (χ1n) is 3.50. The Bertz CT molecular complexity index is 407. The normalized spacial score (nSPS) is 9.31. The van der Waals surface area contributed by atoms with Crippen LogP contribution < -0.4 is 0 Å². The van der Waals surface area contributed by atoms with Crippen LogP contribution in [0.2, 0.25) is 0 Å². The molecule has 0 radical (unpaired) electrons. The van der Waals surface area contributed by atoms with Crippen molar-refractivity contribution in [1.82, 2.24) is 0 Å². The van der Waals surface area contributed by atoms with Gasteiger partial charge in [-0.25, -0.2) is 4.79 Å². The highest BCUT2D eigenvalue weighted by Gasteiger charge is 2.11. The summed E-state index contributed by atoms with van der Waals surface area (Å²) < 4.78 is 0.684. The van der Waals surface area contributed by atoms with Crippen molar-refractivity contribution < 1.29 is 9.90 Å². The second-order valence-corrected chi connectivity index (χ2v) is 3.65. The van der Waals surface area contributed by atoms with E-state index in [1.807, 2.05) is 28.7 Å². The summed E-state index contributed by atoms with van der Waals surface area (Å²) in [7, 11) is 0. The second-order valence-electron chi connectivity index (χ2n) is 2.57. The van der Waals surface area contributed by atoms with Crippen molar-refractivity contribution in [3.05, 3.63) is 32.4 Å². The van der Waals surface area contributed by atoms with E-state index in [0.29, 0.717) is 9.13 Å². The Morgan fingerprint density at radius 2 is 2.23 bits per heavy atom. The lowest BCUT2D eigenvalue weighted by atomic mass is 10.1. The SMILES string of the molecule is Cc1cc(C#N)cc(C(=O)O)c1I. The summed E-state index contributed by atoms with van der Waals surface area (Å²) in [6, 6.07) is 4.98. The molecule has 0 unspecified atom stereocenters. The number of rotatable bonds is 1. The lowest BCUT2D eigenvalue weighted by Crippen LogP contribution is -2.02. The third-order valence-electron chi connectivity index (χ3n) is 1.61. The highest BCUT2D eigenvalue weighted by atomic mass is 127. The monoisotopic (exact) mass is 287 g/mol. The average molecular weight is 287 g/mol. The van der Waals surface area contributed by atoms with Crippen molar-refractivity contribution in [1.29, 1.82) is 5.26 Å². The van der Waals surface area contributed by atoms with Crippen LogP contribution in [0.1, 0.15) is 21.5 Å². The molecule has 1 aromatic rings. The molecule has 0 bridgehead atoms. The van der Waals surface area contributed by atoms with Gasteiger partial charge in [0.2, 0.25) is 0 Å². The van der Waals surface area contributed by atoms with Gasteiger partial charge in [-0.3, -0.25) is 0 Å². The smallest absolute Gasteiger partial charge is 0.336 e. The second kappa shape index (κ2) is 3.75. The first-order chi connectivity index (χ1) is 6.06. The molecular weight excluding hydrogens is 281 g/mol. The largest absolute Gasteiger partial charge is 0.478 e. The summed E-state index contributed by atoms with van der Waals surface area (Å²) in [5.41, 5.74) is 1.39. The van der Waals surface area contributed by atoms with Gasteiger partial charge in [0.25, 0.3) is 0 Å². The molecule has 1 aromatic carbocycles. The van der Waals surface area contributed by atoms with Crippen molar-refractivity contribution in [3.63, 3.8) is 0 Å². The van der Waals surface area contributed by atoms with Gasteiger partial charge in [0.15, 0.2) is 0 Å². The molecule has 0 aromatic heterocycles. The van der Waals surface area contributed by atoms with E-state index in [0.717, 1.165) is 5.56 Å². The van der Waals surface area contributed by atoms with Crippen LogP contribution in [0.15, 0.2) is 12.1 Å². The van der Waals surface area contributed by atoms with Crippen molar-refractivity contribution in [2.24, 2.45) is 0 Å². The molecule has 4 heteroatoms. The first kappa shape index (κ1) is 9.99. The Kier molecular flexibility index (Phi) is 2.88. The number of aryl methyl sites for hydroxylation is 1. The molecule has 0 heterocycles. The minimum atomic E-state index is -0.996. The van der Waals surface area contributed by atoms with Gasteiger partial charge in [-0.15, -0.1) is 0 Å². The molecule has 0 aliphatic rings. The van der Waals surface area contributed by atoms with Gasteiger partial charge < -0.3 is 5.11 Å². The predicted octanol–water partition coefficient (Wildman–Crippen LogP) is 2.17. The molecule has 0 atom stereocenters. The molecular formula is C9H6INO2. The molecule has 0 aliphatic carbocycles. The van der Waals surface area contributed by atoms with Crippen LogP contribution in [0.5, 0.6) is 0 Å². The number of hydrogen-bond donors (Lipinski definition) is 1. The fraction of sp³-hybridized carbons (Fsp3) is 0.111. The zero-order valence-electron chi connectivity index (χ0n) is 6.84. The zero-order valence-corrected chi connectivity index (χ0v) is 8.99. The Labute approximate surface area is 89.1 Å². The average Bonchev–Trinajstić information content (AvgIpc) is 2.09. The number of aromatic carboxylic acids is 1. The van der Waals surface area contributed by atoms with Gasteiger partial charge in [0, 0.05) is 3.57 Å². The number of carbonyl (C=O) groups is 1. The zero-order chi connectivity index (χ0) is 10.0. The Morgan fingerprint density at radius 1 is 1.62 bits per heavy atom. The third-order valence-corrected chi connectivity index (χ3v) is 3.05. The molecule has 0 spiro atoms. The summed E-state index contributed by atoms with van der Waals surface area (Å²) >= 11 is 1.96. The summed E-state index contributed by atoms with van der Waals surface area (Å²) in [6.45, 7) is 1.79. The van der Waals surface area contributed by atoms with Crippen LogP contribution in [0.4, 0.5) is 0 Å². The lowest BCUT2D eigenvalue weighted by molar-refractivity contribution is 0.0695. The van der Waals surface area contributed by atoms with Crippen molar-refractivity contribution in [3.8, 4) is 6.07 Å². The number of benzene rings is 1. The van der Waals surface area contributed by atoms with E-state index in [9.17, 15) is 4.79 Å². The molecule has 1 N–H and O–H groups in total. The van der Waals surface area contributed by atoms with Crippen LogP contribution in [0, 0.1) is 21.8 Å². The van der Waals surface area contributed by atoms with E-state index >= 15 is 0 Å². The molecule has 3 nitrogen and oxygen atoms in total. The van der Waals surface area contributed by atoms with Gasteiger partial charge in [0.1, 0.15) is 0 Å². The molecule has 0 saturated carbocycles. The molecule has 0 saturated heterocycles. The summed E-state index contributed by atoms with van der Waals surface area (Å²) in [5.74, 6) is -0.996. The highest BCUT2D eigenvalue weighted by molar-refractivity contribution is 14.1. The minimum absolute atomic E-state index is 0.192. The lowest BCUT2D eigenvalue weighted by Gasteiger charge is -2.02. The van der Waals surface area contributed by atoms with Crippen LogP contribution >= 0.6 is 22.6 Å². The van der Waals surface area contributed by atoms with E-state index in [1.165, 1.54) is 6.07 Å². The van der Waals surface area contributed by atoms with Crippen LogP contribution in [0.3, 0.4) is 0 Å². The minimum Gasteiger partial charge on any atom is -0.478 e. The quantitative estimate of drug-likeness (QED) is 0.805. The van der Waals surface area contributed by atoms with Gasteiger partial charge >= 0.3 is 5.97 Å². The van der Waals surface area contributed by atoms with E-state index < -0.39 is 5.97 Å². The first-order valence-corrected chi connectivity index (χ1v) is 4.57. The molecule has 13 heavy (non-hydrogen) atoms. The van der Waals surface area contributed by atoms with Crippen LogP contribution in [-0.4, -0.2) is 11.1 Å². The maximum absolute atomic E-state index is 10.7. The Hall–Kier alpha value is -1.09. The van der Waals surface area contributed by atoms with Gasteiger partial charge in [-0.1, -0.05) is 0 Å². The molecule has 0 fully saturated rings. The van der Waals surface area contributed by atoms with E-state index in [1.54, 1.807) is 13.0 Å². The summed E-state index contributed by atoms with van der Waals surface area (Å²) in [4.78, 5) is 10.7. The topological polar surface area (TPSA) is 61.1 Å². The standard InChI is InChI=1S/C9H6INO2/c1-5-2-6(4-11)3-7(8(5)10)9(12)13/h2-3H,1H3,(H,12,13).